The Morgan fingerprint density at radius 2 is 1.76 bits per heavy atom. The maximum Gasteiger partial charge on any atom is 0.304 e. The van der Waals surface area contributed by atoms with Gasteiger partial charge in [0.25, 0.3) is 0 Å². The Balaban J connectivity index is 2.86. The van der Waals surface area contributed by atoms with Gasteiger partial charge in [-0.15, -0.1) is 0 Å². The van der Waals surface area contributed by atoms with E-state index in [1.807, 2.05) is 0 Å². The van der Waals surface area contributed by atoms with E-state index < -0.39 is 16.0 Å². The van der Waals surface area contributed by atoms with Gasteiger partial charge in [-0.1, -0.05) is 23.2 Å². The van der Waals surface area contributed by atoms with Crippen molar-refractivity contribution in [3.8, 4) is 0 Å². The molecule has 1 rings (SSSR count). The smallest absolute Gasteiger partial charge is 0.304 e. The minimum absolute atomic E-state index is 0.0969. The van der Waals surface area contributed by atoms with Gasteiger partial charge in [-0.3, -0.25) is 4.79 Å². The largest absolute Gasteiger partial charge is 0.481 e. The molecule has 1 aromatic rings. The molecule has 0 amide bonds. The minimum Gasteiger partial charge on any atom is -0.481 e. The molecule has 2 N–H and O–H groups in total. The standard InChI is InChI=1S/C9H9Cl2NO4S/c10-6-3-7(11)5-8(4-6)17(15,16)12-2-1-9(13)14/h3-5,12H,1-2H2,(H,13,14). The van der Waals surface area contributed by atoms with E-state index in [0.29, 0.717) is 0 Å². The van der Waals surface area contributed by atoms with Crippen LogP contribution in [0.15, 0.2) is 23.1 Å². The van der Waals surface area contributed by atoms with Crippen LogP contribution in [-0.2, 0) is 14.8 Å². The number of carboxylic acids is 1. The van der Waals surface area contributed by atoms with Crippen LogP contribution < -0.4 is 4.72 Å². The van der Waals surface area contributed by atoms with E-state index in [9.17, 15) is 13.2 Å². The molecular weight excluding hydrogens is 289 g/mol. The highest BCUT2D eigenvalue weighted by atomic mass is 35.5. The van der Waals surface area contributed by atoms with E-state index in [0.717, 1.165) is 0 Å². The number of hydrogen-bond donors (Lipinski definition) is 2. The van der Waals surface area contributed by atoms with Crippen molar-refractivity contribution in [1.29, 1.82) is 0 Å². The molecule has 0 aliphatic heterocycles. The molecule has 94 valence electrons. The fourth-order valence-electron chi connectivity index (χ4n) is 1.06. The highest BCUT2D eigenvalue weighted by Gasteiger charge is 2.15. The van der Waals surface area contributed by atoms with Crippen molar-refractivity contribution in [2.45, 2.75) is 11.3 Å². The van der Waals surface area contributed by atoms with Crippen LogP contribution >= 0.6 is 23.2 Å². The van der Waals surface area contributed by atoms with Gasteiger partial charge < -0.3 is 5.11 Å². The number of hydrogen-bond acceptors (Lipinski definition) is 3. The van der Waals surface area contributed by atoms with Gasteiger partial charge in [-0.05, 0) is 18.2 Å². The first-order valence-corrected chi connectivity index (χ1v) is 6.73. The van der Waals surface area contributed by atoms with Crippen molar-refractivity contribution in [1.82, 2.24) is 4.72 Å². The summed E-state index contributed by atoms with van der Waals surface area (Å²) in [5.74, 6) is -1.09. The molecule has 1 aromatic carbocycles. The van der Waals surface area contributed by atoms with Crippen LogP contribution in [0, 0.1) is 0 Å². The predicted molar refractivity (Wildman–Crippen MR) is 63.9 cm³/mol. The van der Waals surface area contributed by atoms with Crippen molar-refractivity contribution in [2.24, 2.45) is 0 Å². The monoisotopic (exact) mass is 297 g/mol. The molecule has 17 heavy (non-hydrogen) atoms. The fourth-order valence-corrected chi connectivity index (χ4v) is 2.82. The zero-order valence-corrected chi connectivity index (χ0v) is 10.8. The van der Waals surface area contributed by atoms with Gasteiger partial charge in [-0.25, -0.2) is 13.1 Å². The number of nitrogens with one attached hydrogen (secondary N) is 1. The summed E-state index contributed by atoms with van der Waals surface area (Å²) in [4.78, 5) is 10.2. The third-order valence-corrected chi connectivity index (χ3v) is 3.65. The summed E-state index contributed by atoms with van der Waals surface area (Å²) in [5, 5.41) is 8.77. The molecule has 0 bridgehead atoms. The molecule has 0 fully saturated rings. The van der Waals surface area contributed by atoms with Crippen LogP contribution in [-0.4, -0.2) is 26.0 Å². The van der Waals surface area contributed by atoms with Gasteiger partial charge in [0.1, 0.15) is 0 Å². The fraction of sp³-hybridized carbons (Fsp3) is 0.222. The van der Waals surface area contributed by atoms with Crippen LogP contribution in [0.5, 0.6) is 0 Å². The average Bonchev–Trinajstić information content (AvgIpc) is 2.14. The first-order valence-electron chi connectivity index (χ1n) is 4.49. The van der Waals surface area contributed by atoms with Crippen molar-refractivity contribution >= 4 is 39.2 Å². The lowest BCUT2D eigenvalue weighted by Crippen LogP contribution is -2.26. The van der Waals surface area contributed by atoms with Gasteiger partial charge in [0.05, 0.1) is 11.3 Å². The second kappa shape index (κ2) is 5.68. The summed E-state index contributed by atoms with van der Waals surface area (Å²) in [6.07, 6.45) is -0.298. The second-order valence-corrected chi connectivity index (χ2v) is 5.79. The van der Waals surface area contributed by atoms with Crippen molar-refractivity contribution in [3.63, 3.8) is 0 Å². The minimum atomic E-state index is -3.78. The van der Waals surface area contributed by atoms with E-state index >= 15 is 0 Å². The zero-order chi connectivity index (χ0) is 13.1. The van der Waals surface area contributed by atoms with Crippen LogP contribution in [0.2, 0.25) is 10.0 Å². The Morgan fingerprint density at radius 3 is 2.24 bits per heavy atom. The molecule has 0 spiro atoms. The Hall–Kier alpha value is -0.820. The summed E-state index contributed by atoms with van der Waals surface area (Å²) in [5.41, 5.74) is 0. The average molecular weight is 298 g/mol. The molecule has 0 unspecified atom stereocenters. The van der Waals surface area contributed by atoms with E-state index in [4.69, 9.17) is 28.3 Å². The Labute approximate surface area is 108 Å². The summed E-state index contributed by atoms with van der Waals surface area (Å²) >= 11 is 11.3. The van der Waals surface area contributed by atoms with Gasteiger partial charge >= 0.3 is 5.97 Å². The highest BCUT2D eigenvalue weighted by molar-refractivity contribution is 7.89. The Bertz CT molecular complexity index is 510. The van der Waals surface area contributed by atoms with Crippen LogP contribution in [0.4, 0.5) is 0 Å². The molecule has 0 aliphatic carbocycles. The van der Waals surface area contributed by atoms with E-state index in [-0.39, 0.29) is 27.9 Å². The Kier molecular flexibility index (Phi) is 4.76. The lowest BCUT2D eigenvalue weighted by Gasteiger charge is -2.06. The van der Waals surface area contributed by atoms with Gasteiger partial charge in [0, 0.05) is 16.6 Å². The molecule has 0 aromatic heterocycles. The number of benzene rings is 1. The molecule has 0 saturated carbocycles. The normalized spacial score (nSPS) is 11.4. The van der Waals surface area contributed by atoms with E-state index in [2.05, 4.69) is 4.72 Å². The van der Waals surface area contributed by atoms with Crippen LogP contribution in [0.3, 0.4) is 0 Å². The summed E-state index contributed by atoms with van der Waals surface area (Å²) < 4.78 is 25.5. The molecule has 8 heteroatoms. The van der Waals surface area contributed by atoms with Crippen LogP contribution in [0.1, 0.15) is 6.42 Å². The number of rotatable bonds is 5. The van der Waals surface area contributed by atoms with Gasteiger partial charge in [0.2, 0.25) is 10.0 Å². The number of carbonyl (C=O) groups is 1. The maximum absolute atomic E-state index is 11.7. The Morgan fingerprint density at radius 1 is 1.24 bits per heavy atom. The highest BCUT2D eigenvalue weighted by Crippen LogP contribution is 2.22. The topological polar surface area (TPSA) is 83.5 Å². The van der Waals surface area contributed by atoms with Crippen LogP contribution in [0.25, 0.3) is 0 Å². The van der Waals surface area contributed by atoms with Crippen molar-refractivity contribution < 1.29 is 18.3 Å². The number of sulfonamides is 1. The summed E-state index contributed by atoms with van der Waals surface area (Å²) in [6, 6.07) is 3.87. The molecule has 0 aliphatic rings. The molecular formula is C9H9Cl2NO4S. The molecule has 0 heterocycles. The summed E-state index contributed by atoms with van der Waals surface area (Å²) in [7, 11) is -3.78. The van der Waals surface area contributed by atoms with Crippen molar-refractivity contribution in [3.05, 3.63) is 28.2 Å². The van der Waals surface area contributed by atoms with E-state index in [1.54, 1.807) is 0 Å². The number of carboxylic acid groups (broad SMARTS) is 1. The number of aliphatic carboxylic acids is 1. The molecule has 0 radical (unpaired) electrons. The first kappa shape index (κ1) is 14.2. The molecule has 5 nitrogen and oxygen atoms in total. The molecule has 0 saturated heterocycles. The third-order valence-electron chi connectivity index (χ3n) is 1.78. The SMILES string of the molecule is O=C(O)CCNS(=O)(=O)c1cc(Cl)cc(Cl)c1. The first-order chi connectivity index (χ1) is 7.81. The quantitative estimate of drug-likeness (QED) is 0.867. The maximum atomic E-state index is 11.7. The van der Waals surface area contributed by atoms with Gasteiger partial charge in [-0.2, -0.15) is 0 Å². The predicted octanol–water partition coefficient (Wildman–Crippen LogP) is 1.75. The van der Waals surface area contributed by atoms with Crippen molar-refractivity contribution in [2.75, 3.05) is 6.54 Å². The molecule has 0 atom stereocenters. The lowest BCUT2D eigenvalue weighted by molar-refractivity contribution is -0.136. The summed E-state index contributed by atoms with van der Waals surface area (Å²) in [6.45, 7) is -0.193. The van der Waals surface area contributed by atoms with E-state index in [1.165, 1.54) is 18.2 Å². The third kappa shape index (κ3) is 4.51. The van der Waals surface area contributed by atoms with Gasteiger partial charge in [0.15, 0.2) is 0 Å². The second-order valence-electron chi connectivity index (χ2n) is 3.15. The zero-order valence-electron chi connectivity index (χ0n) is 8.48. The number of halogens is 2. The lowest BCUT2D eigenvalue weighted by atomic mass is 10.4.